The Hall–Kier alpha value is -1.80. The summed E-state index contributed by atoms with van der Waals surface area (Å²) in [7, 11) is 1.35. The number of thioether (sulfide) groups is 1. The summed E-state index contributed by atoms with van der Waals surface area (Å²) >= 11 is 1.60. The lowest BCUT2D eigenvalue weighted by Crippen LogP contribution is -2.36. The van der Waals surface area contributed by atoms with Gasteiger partial charge in [-0.2, -0.15) is 11.8 Å². The predicted octanol–water partition coefficient (Wildman–Crippen LogP) is 1.62. The second kappa shape index (κ2) is 7.71. The highest BCUT2D eigenvalue weighted by Crippen LogP contribution is 2.29. The number of nitro benzene ring substituents is 1. The van der Waals surface area contributed by atoms with Crippen LogP contribution in [-0.4, -0.2) is 36.0 Å². The molecule has 1 aromatic rings. The van der Waals surface area contributed by atoms with Gasteiger partial charge in [0.15, 0.2) is 5.75 Å². The van der Waals surface area contributed by atoms with Crippen LogP contribution in [0.2, 0.25) is 0 Å². The van der Waals surface area contributed by atoms with Gasteiger partial charge in [-0.3, -0.25) is 14.9 Å². The minimum atomic E-state index is -0.636. The molecule has 0 radical (unpaired) electrons. The van der Waals surface area contributed by atoms with Crippen molar-refractivity contribution in [2.75, 3.05) is 24.4 Å². The molecule has 0 saturated heterocycles. The van der Waals surface area contributed by atoms with Gasteiger partial charge in [0.05, 0.1) is 18.1 Å². The van der Waals surface area contributed by atoms with Crippen LogP contribution in [0.3, 0.4) is 0 Å². The van der Waals surface area contributed by atoms with E-state index >= 15 is 0 Å². The molecule has 1 amide bonds. The van der Waals surface area contributed by atoms with E-state index in [4.69, 9.17) is 10.5 Å². The van der Waals surface area contributed by atoms with E-state index in [1.807, 2.05) is 6.26 Å². The summed E-state index contributed by atoms with van der Waals surface area (Å²) < 4.78 is 4.89. The van der Waals surface area contributed by atoms with Crippen molar-refractivity contribution < 1.29 is 14.5 Å². The fourth-order valence-electron chi connectivity index (χ4n) is 1.52. The van der Waals surface area contributed by atoms with E-state index in [1.54, 1.807) is 11.8 Å². The van der Waals surface area contributed by atoms with Gasteiger partial charge < -0.3 is 15.8 Å². The third-order valence-corrected chi connectivity index (χ3v) is 3.26. The molecule has 1 rings (SSSR count). The summed E-state index contributed by atoms with van der Waals surface area (Å²) in [5.41, 5.74) is 5.84. The van der Waals surface area contributed by atoms with Crippen LogP contribution in [0.5, 0.6) is 5.75 Å². The lowest BCUT2D eigenvalue weighted by Gasteiger charge is -2.12. The maximum Gasteiger partial charge on any atom is 0.312 e. The number of methoxy groups -OCH3 is 1. The van der Waals surface area contributed by atoms with Crippen molar-refractivity contribution in [2.24, 2.45) is 5.73 Å². The summed E-state index contributed by atoms with van der Waals surface area (Å²) in [6, 6.07) is 3.58. The molecule has 0 spiro atoms. The number of nitrogens with one attached hydrogen (secondary N) is 1. The number of nitrogens with two attached hydrogens (primary N) is 1. The second-order valence-corrected chi connectivity index (χ2v) is 5.01. The number of hydrogen-bond donors (Lipinski definition) is 2. The SMILES string of the molecule is COc1ccc(NC(=O)[C@@H](N)CCSC)cc1[N+](=O)[O-]. The van der Waals surface area contributed by atoms with Gasteiger partial charge in [-0.1, -0.05) is 0 Å². The van der Waals surface area contributed by atoms with Crippen molar-refractivity contribution in [3.05, 3.63) is 28.3 Å². The number of ether oxygens (including phenoxy) is 1. The standard InChI is InChI=1S/C12H17N3O4S/c1-19-11-4-3-8(7-10(11)15(17)18)14-12(16)9(13)5-6-20-2/h3-4,7,9H,5-6,13H2,1-2H3,(H,14,16)/t9-/m0/s1. The van der Waals surface area contributed by atoms with E-state index in [1.165, 1.54) is 25.3 Å². The first-order valence-corrected chi connectivity index (χ1v) is 7.26. The third kappa shape index (κ3) is 4.39. The molecule has 0 bridgehead atoms. The van der Waals surface area contributed by atoms with Crippen LogP contribution >= 0.6 is 11.8 Å². The summed E-state index contributed by atoms with van der Waals surface area (Å²) in [6.07, 6.45) is 2.47. The van der Waals surface area contributed by atoms with E-state index in [9.17, 15) is 14.9 Å². The fourth-order valence-corrected chi connectivity index (χ4v) is 2.01. The Morgan fingerprint density at radius 2 is 2.30 bits per heavy atom. The van der Waals surface area contributed by atoms with Crippen molar-refractivity contribution in [1.29, 1.82) is 0 Å². The maximum atomic E-state index is 11.8. The predicted molar refractivity (Wildman–Crippen MR) is 79.3 cm³/mol. The van der Waals surface area contributed by atoms with Crippen molar-refractivity contribution in [1.82, 2.24) is 0 Å². The van der Waals surface area contributed by atoms with Crippen molar-refractivity contribution in [3.8, 4) is 5.75 Å². The lowest BCUT2D eigenvalue weighted by atomic mass is 10.2. The van der Waals surface area contributed by atoms with E-state index < -0.39 is 11.0 Å². The molecule has 110 valence electrons. The molecule has 0 fully saturated rings. The van der Waals surface area contributed by atoms with Gasteiger partial charge in [0.2, 0.25) is 5.91 Å². The van der Waals surface area contributed by atoms with Crippen LogP contribution in [0.25, 0.3) is 0 Å². The number of carbonyl (C=O) groups excluding carboxylic acids is 1. The Bertz CT molecular complexity index is 496. The highest BCUT2D eigenvalue weighted by atomic mass is 32.2. The molecule has 20 heavy (non-hydrogen) atoms. The first kappa shape index (κ1) is 16.3. The zero-order valence-electron chi connectivity index (χ0n) is 11.3. The number of benzene rings is 1. The average Bonchev–Trinajstić information content (AvgIpc) is 2.44. The van der Waals surface area contributed by atoms with Crippen LogP contribution in [0.4, 0.5) is 11.4 Å². The van der Waals surface area contributed by atoms with Gasteiger partial charge in [-0.05, 0) is 30.6 Å². The van der Waals surface area contributed by atoms with Gasteiger partial charge in [-0.25, -0.2) is 0 Å². The molecule has 0 saturated carbocycles. The number of anilines is 1. The topological polar surface area (TPSA) is 107 Å². The number of nitrogens with zero attached hydrogens (tertiary/aromatic N) is 1. The molecular weight excluding hydrogens is 282 g/mol. The van der Waals surface area contributed by atoms with Crippen molar-refractivity contribution >= 4 is 29.0 Å². The molecule has 0 unspecified atom stereocenters. The number of amides is 1. The monoisotopic (exact) mass is 299 g/mol. The smallest absolute Gasteiger partial charge is 0.312 e. The summed E-state index contributed by atoms with van der Waals surface area (Å²) in [5, 5.41) is 13.4. The lowest BCUT2D eigenvalue weighted by molar-refractivity contribution is -0.385. The molecule has 0 aliphatic rings. The molecule has 7 nitrogen and oxygen atoms in total. The summed E-state index contributed by atoms with van der Waals surface area (Å²) in [6.45, 7) is 0. The summed E-state index contributed by atoms with van der Waals surface area (Å²) in [5.74, 6) is 0.551. The number of nitro groups is 1. The van der Waals surface area contributed by atoms with Gasteiger partial charge >= 0.3 is 5.69 Å². The number of carbonyl (C=O) groups is 1. The van der Waals surface area contributed by atoms with E-state index in [0.717, 1.165) is 5.75 Å². The third-order valence-electron chi connectivity index (χ3n) is 2.61. The average molecular weight is 299 g/mol. The largest absolute Gasteiger partial charge is 0.490 e. The molecule has 0 aliphatic carbocycles. The molecule has 3 N–H and O–H groups in total. The highest BCUT2D eigenvalue weighted by Gasteiger charge is 2.18. The first-order valence-electron chi connectivity index (χ1n) is 5.87. The van der Waals surface area contributed by atoms with Crippen molar-refractivity contribution in [3.63, 3.8) is 0 Å². The van der Waals surface area contributed by atoms with E-state index in [2.05, 4.69) is 5.32 Å². The minimum absolute atomic E-state index is 0.139. The van der Waals surface area contributed by atoms with Gasteiger partial charge in [0.1, 0.15) is 0 Å². The molecular formula is C12H17N3O4S. The van der Waals surface area contributed by atoms with E-state index in [0.29, 0.717) is 12.1 Å². The number of rotatable bonds is 7. The van der Waals surface area contributed by atoms with Crippen LogP contribution in [-0.2, 0) is 4.79 Å². The Balaban J connectivity index is 2.80. The van der Waals surface area contributed by atoms with Crippen molar-refractivity contribution in [2.45, 2.75) is 12.5 Å². The van der Waals surface area contributed by atoms with Crippen LogP contribution in [0, 0.1) is 10.1 Å². The van der Waals surface area contributed by atoms with Gasteiger partial charge in [0.25, 0.3) is 0 Å². The van der Waals surface area contributed by atoms with Gasteiger partial charge in [-0.15, -0.1) is 0 Å². The second-order valence-electron chi connectivity index (χ2n) is 4.02. The molecule has 0 aromatic heterocycles. The Labute approximate surface area is 121 Å². The first-order chi connectivity index (χ1) is 9.49. The molecule has 0 heterocycles. The zero-order chi connectivity index (χ0) is 15.1. The maximum absolute atomic E-state index is 11.8. The van der Waals surface area contributed by atoms with Crippen LogP contribution in [0.15, 0.2) is 18.2 Å². The number of hydrogen-bond acceptors (Lipinski definition) is 6. The fraction of sp³-hybridized carbons (Fsp3) is 0.417. The normalized spacial score (nSPS) is 11.8. The Morgan fingerprint density at radius 1 is 1.60 bits per heavy atom. The highest BCUT2D eigenvalue weighted by molar-refractivity contribution is 7.98. The molecule has 1 aromatic carbocycles. The molecule has 8 heteroatoms. The van der Waals surface area contributed by atoms with Crippen LogP contribution in [0.1, 0.15) is 6.42 Å². The van der Waals surface area contributed by atoms with Gasteiger partial charge in [0, 0.05) is 11.8 Å². The molecule has 0 aliphatic heterocycles. The Kier molecular flexibility index (Phi) is 6.26. The zero-order valence-corrected chi connectivity index (χ0v) is 12.1. The molecule has 1 atom stereocenters. The summed E-state index contributed by atoms with van der Waals surface area (Å²) in [4.78, 5) is 22.1. The Morgan fingerprint density at radius 3 is 2.85 bits per heavy atom. The minimum Gasteiger partial charge on any atom is -0.490 e. The quantitative estimate of drug-likeness (QED) is 0.585. The van der Waals surface area contributed by atoms with Crippen LogP contribution < -0.4 is 15.8 Å². The van der Waals surface area contributed by atoms with E-state index in [-0.39, 0.29) is 17.3 Å².